The lowest BCUT2D eigenvalue weighted by atomic mass is 9.90. The molecule has 0 saturated heterocycles. The van der Waals surface area contributed by atoms with Crippen molar-refractivity contribution in [3.63, 3.8) is 0 Å². The summed E-state index contributed by atoms with van der Waals surface area (Å²) in [4.78, 5) is 15.3. The summed E-state index contributed by atoms with van der Waals surface area (Å²) in [5.74, 6) is -0.769. The van der Waals surface area contributed by atoms with Crippen molar-refractivity contribution in [1.29, 1.82) is 0 Å². The first-order valence-electron chi connectivity index (χ1n) is 6.28. The highest BCUT2D eigenvalue weighted by atomic mass is 16.4. The maximum Gasteiger partial charge on any atom is 0.309 e. The Hall–Kier alpha value is -2.04. The van der Waals surface area contributed by atoms with Crippen molar-refractivity contribution in [3.8, 4) is 0 Å². The molecule has 0 atom stereocenters. The van der Waals surface area contributed by atoms with Crippen LogP contribution in [0.2, 0.25) is 0 Å². The van der Waals surface area contributed by atoms with Crippen molar-refractivity contribution in [2.24, 2.45) is 12.5 Å². The molecular formula is C14H19N3O2. The first kappa shape index (κ1) is 13.4. The number of imidazole rings is 1. The van der Waals surface area contributed by atoms with Crippen LogP contribution >= 0.6 is 0 Å². The second kappa shape index (κ2) is 4.91. The molecule has 0 aliphatic carbocycles. The topological polar surface area (TPSA) is 67.2 Å². The van der Waals surface area contributed by atoms with Crippen LogP contribution < -0.4 is 5.32 Å². The van der Waals surface area contributed by atoms with Crippen molar-refractivity contribution in [2.45, 2.75) is 20.3 Å². The summed E-state index contributed by atoms with van der Waals surface area (Å²) in [7, 11) is 1.96. The van der Waals surface area contributed by atoms with E-state index in [-0.39, 0.29) is 0 Å². The molecule has 1 aromatic heterocycles. The highest BCUT2D eigenvalue weighted by Gasteiger charge is 2.26. The average Bonchev–Trinajstić information content (AvgIpc) is 2.70. The van der Waals surface area contributed by atoms with Gasteiger partial charge in [-0.3, -0.25) is 4.79 Å². The fraction of sp³-hybridized carbons (Fsp3) is 0.429. The number of fused-ring (bicyclic) bond motifs is 1. The van der Waals surface area contributed by atoms with Crippen molar-refractivity contribution >= 4 is 22.7 Å². The van der Waals surface area contributed by atoms with E-state index in [1.165, 1.54) is 0 Å². The van der Waals surface area contributed by atoms with Gasteiger partial charge < -0.3 is 15.0 Å². The van der Waals surface area contributed by atoms with E-state index in [0.717, 1.165) is 16.7 Å². The minimum Gasteiger partial charge on any atom is -0.481 e. The Labute approximate surface area is 112 Å². The molecule has 0 bridgehead atoms. The quantitative estimate of drug-likeness (QED) is 0.867. The van der Waals surface area contributed by atoms with Crippen molar-refractivity contribution in [3.05, 3.63) is 24.5 Å². The Balaban J connectivity index is 2.00. The molecule has 2 rings (SSSR count). The predicted octanol–water partition coefficient (Wildman–Crippen LogP) is 2.49. The highest BCUT2D eigenvalue weighted by molar-refractivity contribution is 5.79. The minimum atomic E-state index is -0.769. The third-order valence-corrected chi connectivity index (χ3v) is 3.38. The monoisotopic (exact) mass is 261 g/mol. The van der Waals surface area contributed by atoms with Gasteiger partial charge in [-0.15, -0.1) is 0 Å². The molecule has 5 heteroatoms. The van der Waals surface area contributed by atoms with Gasteiger partial charge in [0.25, 0.3) is 0 Å². The number of hydrogen-bond donors (Lipinski definition) is 2. The molecule has 0 aliphatic rings. The van der Waals surface area contributed by atoms with E-state index in [4.69, 9.17) is 5.11 Å². The number of aryl methyl sites for hydroxylation is 1. The Morgan fingerprint density at radius 1 is 1.47 bits per heavy atom. The fourth-order valence-corrected chi connectivity index (χ4v) is 1.87. The van der Waals surface area contributed by atoms with Crippen LogP contribution in [0.3, 0.4) is 0 Å². The molecule has 5 nitrogen and oxygen atoms in total. The zero-order valence-electron chi connectivity index (χ0n) is 11.5. The number of aliphatic carboxylic acids is 1. The van der Waals surface area contributed by atoms with E-state index in [1.54, 1.807) is 20.2 Å². The first-order valence-corrected chi connectivity index (χ1v) is 6.28. The van der Waals surface area contributed by atoms with Crippen molar-refractivity contribution in [2.75, 3.05) is 11.9 Å². The number of rotatable bonds is 5. The first-order chi connectivity index (χ1) is 8.90. The lowest BCUT2D eigenvalue weighted by molar-refractivity contribution is -0.147. The molecule has 1 aromatic carbocycles. The second-order valence-electron chi connectivity index (χ2n) is 5.42. The van der Waals surface area contributed by atoms with Gasteiger partial charge in [-0.05, 0) is 38.5 Å². The zero-order valence-corrected chi connectivity index (χ0v) is 11.5. The lowest BCUT2D eigenvalue weighted by Crippen LogP contribution is -2.26. The number of aromatic nitrogens is 2. The molecule has 1 heterocycles. The Morgan fingerprint density at radius 3 is 2.89 bits per heavy atom. The molecule has 2 N–H and O–H groups in total. The maximum absolute atomic E-state index is 11.0. The summed E-state index contributed by atoms with van der Waals surface area (Å²) in [5, 5.41) is 12.3. The Kier molecular flexibility index (Phi) is 3.46. The molecule has 0 spiro atoms. The Bertz CT molecular complexity index is 602. The summed E-state index contributed by atoms with van der Waals surface area (Å²) in [6, 6.07) is 5.97. The van der Waals surface area contributed by atoms with Crippen LogP contribution in [0, 0.1) is 5.41 Å². The molecule has 2 aromatic rings. The molecule has 19 heavy (non-hydrogen) atoms. The second-order valence-corrected chi connectivity index (χ2v) is 5.42. The van der Waals surface area contributed by atoms with Gasteiger partial charge >= 0.3 is 5.97 Å². The van der Waals surface area contributed by atoms with Crippen LogP contribution in [-0.2, 0) is 11.8 Å². The van der Waals surface area contributed by atoms with Gasteiger partial charge in [0, 0.05) is 19.3 Å². The highest BCUT2D eigenvalue weighted by Crippen LogP contribution is 2.21. The number of nitrogens with one attached hydrogen (secondary N) is 1. The summed E-state index contributed by atoms with van der Waals surface area (Å²) < 4.78 is 1.96. The van der Waals surface area contributed by atoms with E-state index in [0.29, 0.717) is 13.0 Å². The molecule has 0 aliphatic heterocycles. The number of nitrogens with zero attached hydrogens (tertiary/aromatic N) is 2. The summed E-state index contributed by atoms with van der Waals surface area (Å²) in [6.45, 7) is 4.09. The van der Waals surface area contributed by atoms with E-state index in [1.807, 2.05) is 29.8 Å². The van der Waals surface area contributed by atoms with Gasteiger partial charge in [0.15, 0.2) is 0 Å². The third-order valence-electron chi connectivity index (χ3n) is 3.38. The van der Waals surface area contributed by atoms with Gasteiger partial charge in [-0.1, -0.05) is 0 Å². The smallest absolute Gasteiger partial charge is 0.309 e. The number of carboxylic acid groups (broad SMARTS) is 1. The lowest BCUT2D eigenvalue weighted by Gasteiger charge is -2.19. The number of hydrogen-bond acceptors (Lipinski definition) is 3. The van der Waals surface area contributed by atoms with E-state index in [2.05, 4.69) is 10.3 Å². The molecule has 0 radical (unpaired) electrons. The van der Waals surface area contributed by atoms with Crippen molar-refractivity contribution in [1.82, 2.24) is 9.55 Å². The summed E-state index contributed by atoms with van der Waals surface area (Å²) in [5.41, 5.74) is 2.27. The van der Waals surface area contributed by atoms with E-state index < -0.39 is 11.4 Å². The molecule has 0 saturated carbocycles. The van der Waals surface area contributed by atoms with Gasteiger partial charge in [0.05, 0.1) is 22.8 Å². The SMILES string of the molecule is Cn1cnc2cc(NCCC(C)(C)C(=O)O)ccc21. The maximum atomic E-state index is 11.0. The van der Waals surface area contributed by atoms with Crippen LogP contribution in [0.15, 0.2) is 24.5 Å². The number of anilines is 1. The third kappa shape index (κ3) is 2.86. The van der Waals surface area contributed by atoms with Crippen molar-refractivity contribution < 1.29 is 9.90 Å². The van der Waals surface area contributed by atoms with Gasteiger partial charge in [-0.2, -0.15) is 0 Å². The van der Waals surface area contributed by atoms with Crippen LogP contribution in [0.4, 0.5) is 5.69 Å². The largest absolute Gasteiger partial charge is 0.481 e. The van der Waals surface area contributed by atoms with Crippen LogP contribution in [0.5, 0.6) is 0 Å². The molecule has 0 unspecified atom stereocenters. The standard InChI is InChI=1S/C14H19N3O2/c1-14(2,13(18)19)6-7-15-10-4-5-12-11(8-10)16-9-17(12)3/h4-5,8-9,15H,6-7H2,1-3H3,(H,18,19). The van der Waals surface area contributed by atoms with Gasteiger partial charge in [0.1, 0.15) is 0 Å². The van der Waals surface area contributed by atoms with Gasteiger partial charge in [0.2, 0.25) is 0 Å². The van der Waals surface area contributed by atoms with Crippen LogP contribution in [0.25, 0.3) is 11.0 Å². The predicted molar refractivity (Wildman–Crippen MR) is 75.2 cm³/mol. The summed E-state index contributed by atoms with van der Waals surface area (Å²) >= 11 is 0. The normalized spacial score (nSPS) is 11.7. The van der Waals surface area contributed by atoms with Crippen LogP contribution in [-0.4, -0.2) is 27.2 Å². The Morgan fingerprint density at radius 2 is 2.21 bits per heavy atom. The number of carbonyl (C=O) groups is 1. The average molecular weight is 261 g/mol. The number of benzene rings is 1. The molecule has 0 amide bonds. The minimum absolute atomic E-state index is 0.572. The molecular weight excluding hydrogens is 242 g/mol. The molecule has 102 valence electrons. The zero-order chi connectivity index (χ0) is 14.0. The van der Waals surface area contributed by atoms with E-state index in [9.17, 15) is 4.79 Å². The van der Waals surface area contributed by atoms with Crippen LogP contribution in [0.1, 0.15) is 20.3 Å². The van der Waals surface area contributed by atoms with Gasteiger partial charge in [-0.25, -0.2) is 4.98 Å². The van der Waals surface area contributed by atoms with E-state index >= 15 is 0 Å². The summed E-state index contributed by atoms with van der Waals surface area (Å²) in [6.07, 6.45) is 2.35. The fourth-order valence-electron chi connectivity index (χ4n) is 1.87. The number of carboxylic acids is 1. The molecule has 0 fully saturated rings.